The molecule has 0 radical (unpaired) electrons. The van der Waals surface area contributed by atoms with Crippen LogP contribution in [0, 0.1) is 0 Å². The topological polar surface area (TPSA) is 0 Å². The van der Waals surface area contributed by atoms with Crippen LogP contribution in [0.4, 0.5) is 0 Å². The molecule has 8 aromatic rings. The lowest BCUT2D eigenvalue weighted by atomic mass is 9.75. The second kappa shape index (κ2) is 14.1. The second-order valence-electron chi connectivity index (χ2n) is 20.7. The molecule has 0 heterocycles. The summed E-state index contributed by atoms with van der Waals surface area (Å²) < 4.78 is 0. The van der Waals surface area contributed by atoms with E-state index < -0.39 is 0 Å². The molecule has 0 saturated heterocycles. The molecule has 0 aliphatic carbocycles. The van der Waals surface area contributed by atoms with Gasteiger partial charge in [0.15, 0.2) is 0 Å². The summed E-state index contributed by atoms with van der Waals surface area (Å²) in [5.74, 6) is 0. The van der Waals surface area contributed by atoms with Crippen LogP contribution in [0.2, 0.25) is 0 Å². The molecular weight excluding hydrogens is 697 g/mol. The largest absolute Gasteiger partial charge is 0.0622 e. The van der Waals surface area contributed by atoms with E-state index in [9.17, 15) is 0 Å². The van der Waals surface area contributed by atoms with Gasteiger partial charge in [-0.3, -0.25) is 0 Å². The summed E-state index contributed by atoms with van der Waals surface area (Å²) >= 11 is 0. The van der Waals surface area contributed by atoms with Crippen LogP contribution in [-0.4, -0.2) is 0 Å². The van der Waals surface area contributed by atoms with Gasteiger partial charge < -0.3 is 0 Å². The van der Waals surface area contributed by atoms with Crippen molar-refractivity contribution < 1.29 is 0 Å². The Morgan fingerprint density at radius 3 is 0.793 bits per heavy atom. The molecule has 0 fully saturated rings. The van der Waals surface area contributed by atoms with Crippen molar-refractivity contribution in [2.24, 2.45) is 0 Å². The monoisotopic (exact) mass is 756 g/mol. The van der Waals surface area contributed by atoms with Crippen LogP contribution in [-0.2, 0) is 21.7 Å². The SMILES string of the molecule is CC(C)(C)c1ccc(-c2c3cc(C(C)(C)C)ccc3c(-c3ccccc3)c3c(-c4ccc(C(C)(C)C)cc4)c4cc(C(C)(C)C)ccc4c(-c4ccccc4)c23)cc1. The van der Waals surface area contributed by atoms with E-state index >= 15 is 0 Å². The first-order valence-corrected chi connectivity index (χ1v) is 21.2. The van der Waals surface area contributed by atoms with Crippen LogP contribution < -0.4 is 0 Å². The van der Waals surface area contributed by atoms with Crippen molar-refractivity contribution in [2.45, 2.75) is 105 Å². The van der Waals surface area contributed by atoms with E-state index in [0.717, 1.165) is 0 Å². The Labute approximate surface area is 348 Å². The van der Waals surface area contributed by atoms with Crippen molar-refractivity contribution in [3.63, 3.8) is 0 Å². The lowest BCUT2D eigenvalue weighted by Crippen LogP contribution is -2.11. The molecule has 0 spiro atoms. The summed E-state index contributed by atoms with van der Waals surface area (Å²) in [6, 6.07) is 55.9. The highest BCUT2D eigenvalue weighted by atomic mass is 14.3. The molecule has 8 aromatic carbocycles. The first-order chi connectivity index (χ1) is 27.3. The minimum Gasteiger partial charge on any atom is -0.0622 e. The third kappa shape index (κ3) is 7.06. The number of rotatable bonds is 4. The Kier molecular flexibility index (Phi) is 9.59. The Bertz CT molecular complexity index is 2590. The maximum absolute atomic E-state index is 2.51. The van der Waals surface area contributed by atoms with Crippen LogP contribution in [0.3, 0.4) is 0 Å². The molecule has 0 heteroatoms. The third-order valence-electron chi connectivity index (χ3n) is 12.3. The van der Waals surface area contributed by atoms with Gasteiger partial charge in [0, 0.05) is 0 Å². The highest BCUT2D eigenvalue weighted by Gasteiger charge is 2.28. The van der Waals surface area contributed by atoms with Gasteiger partial charge in [-0.1, -0.05) is 217 Å². The van der Waals surface area contributed by atoms with E-state index in [-0.39, 0.29) is 21.7 Å². The van der Waals surface area contributed by atoms with E-state index in [4.69, 9.17) is 0 Å². The number of benzene rings is 8. The quantitative estimate of drug-likeness (QED) is 0.157. The normalized spacial score (nSPS) is 12.8. The van der Waals surface area contributed by atoms with Gasteiger partial charge in [-0.05, 0) is 133 Å². The Hall–Kier alpha value is -5.46. The van der Waals surface area contributed by atoms with E-state index in [0.29, 0.717) is 0 Å². The van der Waals surface area contributed by atoms with Crippen LogP contribution in [0.25, 0.3) is 76.8 Å². The van der Waals surface area contributed by atoms with Gasteiger partial charge in [0.05, 0.1) is 0 Å². The Morgan fingerprint density at radius 2 is 0.500 bits per heavy atom. The molecule has 58 heavy (non-hydrogen) atoms. The van der Waals surface area contributed by atoms with Crippen molar-refractivity contribution in [3.8, 4) is 44.5 Å². The highest BCUT2D eigenvalue weighted by Crippen LogP contribution is 2.54. The number of hydrogen-bond acceptors (Lipinski definition) is 0. The van der Waals surface area contributed by atoms with Crippen molar-refractivity contribution in [1.29, 1.82) is 0 Å². The molecule has 0 saturated carbocycles. The molecule has 0 atom stereocenters. The van der Waals surface area contributed by atoms with Crippen molar-refractivity contribution in [1.82, 2.24) is 0 Å². The first-order valence-electron chi connectivity index (χ1n) is 21.2. The lowest BCUT2D eigenvalue weighted by molar-refractivity contribution is 0.590. The fraction of sp³-hybridized carbons (Fsp3) is 0.276. The molecule has 0 nitrogen and oxygen atoms in total. The van der Waals surface area contributed by atoms with Gasteiger partial charge in [-0.25, -0.2) is 0 Å². The molecule has 0 unspecified atom stereocenters. The van der Waals surface area contributed by atoms with Crippen LogP contribution >= 0.6 is 0 Å². The average molecular weight is 757 g/mol. The van der Waals surface area contributed by atoms with Crippen molar-refractivity contribution >= 4 is 32.3 Å². The average Bonchev–Trinajstić information content (AvgIpc) is 3.18. The molecule has 0 aromatic heterocycles. The fourth-order valence-corrected chi connectivity index (χ4v) is 8.84. The van der Waals surface area contributed by atoms with Gasteiger partial charge >= 0.3 is 0 Å². The molecule has 0 amide bonds. The number of hydrogen-bond donors (Lipinski definition) is 0. The minimum atomic E-state index is -0.0294. The van der Waals surface area contributed by atoms with Crippen molar-refractivity contribution in [3.05, 3.63) is 168 Å². The van der Waals surface area contributed by atoms with Crippen LogP contribution in [0.1, 0.15) is 105 Å². The zero-order valence-corrected chi connectivity index (χ0v) is 36.9. The zero-order valence-electron chi connectivity index (χ0n) is 36.9. The second-order valence-corrected chi connectivity index (χ2v) is 20.7. The van der Waals surface area contributed by atoms with Crippen LogP contribution in [0.15, 0.2) is 146 Å². The van der Waals surface area contributed by atoms with E-state index in [1.54, 1.807) is 0 Å². The van der Waals surface area contributed by atoms with E-state index in [2.05, 4.69) is 229 Å². The zero-order chi connectivity index (χ0) is 41.4. The molecule has 0 N–H and O–H groups in total. The summed E-state index contributed by atoms with van der Waals surface area (Å²) in [6.07, 6.45) is 0. The first kappa shape index (κ1) is 39.4. The maximum Gasteiger partial charge on any atom is -0.000139 e. The van der Waals surface area contributed by atoms with Gasteiger partial charge in [0.2, 0.25) is 0 Å². The van der Waals surface area contributed by atoms with Crippen molar-refractivity contribution in [2.75, 3.05) is 0 Å². The van der Waals surface area contributed by atoms with Crippen LogP contribution in [0.5, 0.6) is 0 Å². The van der Waals surface area contributed by atoms with Gasteiger partial charge in [0.25, 0.3) is 0 Å². The summed E-state index contributed by atoms with van der Waals surface area (Å²) in [7, 11) is 0. The Balaban J connectivity index is 1.73. The van der Waals surface area contributed by atoms with E-state index in [1.807, 2.05) is 0 Å². The Morgan fingerprint density at radius 1 is 0.241 bits per heavy atom. The molecular formula is C58H60. The minimum absolute atomic E-state index is 0.0294. The molecule has 292 valence electrons. The summed E-state index contributed by atoms with van der Waals surface area (Å²) in [6.45, 7) is 27.8. The molecule has 8 rings (SSSR count). The molecule has 0 bridgehead atoms. The smallest absolute Gasteiger partial charge is 0.000139 e. The highest BCUT2D eigenvalue weighted by molar-refractivity contribution is 6.34. The molecule has 0 aliphatic heterocycles. The van der Waals surface area contributed by atoms with Gasteiger partial charge in [0.1, 0.15) is 0 Å². The van der Waals surface area contributed by atoms with Gasteiger partial charge in [-0.15, -0.1) is 0 Å². The predicted octanol–water partition coefficient (Wildman–Crippen LogP) is 17.0. The van der Waals surface area contributed by atoms with Gasteiger partial charge in [-0.2, -0.15) is 0 Å². The summed E-state index contributed by atoms with van der Waals surface area (Å²) in [5, 5.41) is 7.74. The standard InChI is InChI=1S/C58H60/c1-55(2,3)41-27-23-39(24-28-41)51-47-35-43(57(7,8)9)31-33-45(47)50(38-21-17-14-18-22-38)54-52(40-25-29-42(30-26-40)56(4,5)6)48-36-44(58(10,11)12)32-34-46(48)49(53(51)54)37-19-15-13-16-20-37/h13-36H,1-12H3. The predicted molar refractivity (Wildman–Crippen MR) is 256 cm³/mol. The van der Waals surface area contributed by atoms with E-state index in [1.165, 1.54) is 99.1 Å². The summed E-state index contributed by atoms with van der Waals surface area (Å²) in [4.78, 5) is 0. The lowest BCUT2D eigenvalue weighted by Gasteiger charge is -2.28. The summed E-state index contributed by atoms with van der Waals surface area (Å²) in [5.41, 5.74) is 15.5. The molecule has 0 aliphatic rings. The third-order valence-corrected chi connectivity index (χ3v) is 12.3. The number of fused-ring (bicyclic) bond motifs is 3. The fourth-order valence-electron chi connectivity index (χ4n) is 8.84. The maximum atomic E-state index is 2.51.